The van der Waals surface area contributed by atoms with Gasteiger partial charge in [0.25, 0.3) is 5.91 Å². The average Bonchev–Trinajstić information content (AvgIpc) is 2.86. The summed E-state index contributed by atoms with van der Waals surface area (Å²) < 4.78 is 0.799. The van der Waals surface area contributed by atoms with Crippen LogP contribution in [0.3, 0.4) is 0 Å². The van der Waals surface area contributed by atoms with Crippen molar-refractivity contribution >= 4 is 51.2 Å². The van der Waals surface area contributed by atoms with Crippen molar-refractivity contribution in [1.29, 1.82) is 0 Å². The largest absolute Gasteiger partial charge is 0.325 e. The third kappa shape index (κ3) is 3.86. The number of nitrogens with zero attached hydrogens (tertiary/aromatic N) is 1. The molecule has 3 rings (SSSR count). The van der Waals surface area contributed by atoms with Crippen molar-refractivity contribution in [1.82, 2.24) is 10.2 Å². The maximum atomic E-state index is 12.9. The molecule has 0 aliphatic carbocycles. The van der Waals surface area contributed by atoms with Crippen LogP contribution in [0.1, 0.15) is 12.5 Å². The van der Waals surface area contributed by atoms with E-state index in [0.29, 0.717) is 11.3 Å². The molecule has 1 unspecified atom stereocenters. The highest BCUT2D eigenvalue weighted by Crippen LogP contribution is 2.30. The summed E-state index contributed by atoms with van der Waals surface area (Å²) in [5.74, 6) is -0.891. The minimum atomic E-state index is -1.21. The average molecular weight is 448 g/mol. The molecule has 1 saturated heterocycles. The summed E-state index contributed by atoms with van der Waals surface area (Å²) in [4.78, 5) is 39.5. The summed E-state index contributed by atoms with van der Waals surface area (Å²) in [7, 11) is 0. The van der Waals surface area contributed by atoms with Crippen LogP contribution in [0.2, 0.25) is 0 Å². The van der Waals surface area contributed by atoms with E-state index in [1.54, 1.807) is 31.2 Å². The van der Waals surface area contributed by atoms with Crippen LogP contribution in [0.25, 0.3) is 0 Å². The summed E-state index contributed by atoms with van der Waals surface area (Å²) in [6.45, 7) is 1.28. The van der Waals surface area contributed by atoms with Crippen LogP contribution < -0.4 is 10.6 Å². The Morgan fingerprint density at radius 2 is 1.96 bits per heavy atom. The number of benzene rings is 2. The van der Waals surface area contributed by atoms with Gasteiger partial charge in [-0.05, 0) is 43.0 Å². The van der Waals surface area contributed by atoms with Gasteiger partial charge in [-0.1, -0.05) is 40.2 Å². The highest BCUT2D eigenvalue weighted by molar-refractivity contribution is 9.10. The highest BCUT2D eigenvalue weighted by atomic mass is 79.9. The van der Waals surface area contributed by atoms with Crippen LogP contribution in [0, 0.1) is 0 Å². The molecule has 0 spiro atoms. The number of carbonyl (C=O) groups excluding carboxylic acids is 3. The number of para-hydroxylation sites is 1. The zero-order valence-electron chi connectivity index (χ0n) is 14.8. The van der Waals surface area contributed by atoms with Crippen LogP contribution in [0.5, 0.6) is 0 Å². The molecule has 2 aromatic rings. The number of carbonyl (C=O) groups is 3. The Balaban J connectivity index is 1.77. The fourth-order valence-corrected chi connectivity index (χ4v) is 3.87. The van der Waals surface area contributed by atoms with E-state index >= 15 is 0 Å². The second-order valence-electron chi connectivity index (χ2n) is 6.21. The van der Waals surface area contributed by atoms with E-state index < -0.39 is 23.4 Å². The van der Waals surface area contributed by atoms with Gasteiger partial charge in [-0.2, -0.15) is 0 Å². The monoisotopic (exact) mass is 447 g/mol. The lowest BCUT2D eigenvalue weighted by Gasteiger charge is -2.22. The van der Waals surface area contributed by atoms with Crippen molar-refractivity contribution in [3.05, 3.63) is 58.6 Å². The van der Waals surface area contributed by atoms with Gasteiger partial charge in [0.1, 0.15) is 12.1 Å². The third-order valence-corrected chi connectivity index (χ3v) is 5.65. The second-order valence-corrected chi connectivity index (χ2v) is 7.97. The molecule has 2 N–H and O–H groups in total. The summed E-state index contributed by atoms with van der Waals surface area (Å²) >= 11 is 4.87. The molecule has 0 radical (unpaired) electrons. The Kier molecular flexibility index (Phi) is 5.57. The zero-order valence-corrected chi connectivity index (χ0v) is 17.2. The summed E-state index contributed by atoms with van der Waals surface area (Å²) in [5.41, 5.74) is 0.0841. The lowest BCUT2D eigenvalue weighted by atomic mass is 9.92. The predicted molar refractivity (Wildman–Crippen MR) is 109 cm³/mol. The van der Waals surface area contributed by atoms with Gasteiger partial charge in [-0.3, -0.25) is 14.5 Å². The predicted octanol–water partition coefficient (Wildman–Crippen LogP) is 3.58. The number of hydrogen-bond acceptors (Lipinski definition) is 4. The number of nitrogens with one attached hydrogen (secondary N) is 2. The molecule has 0 aromatic heterocycles. The van der Waals surface area contributed by atoms with Gasteiger partial charge in [0.2, 0.25) is 5.91 Å². The van der Waals surface area contributed by atoms with Crippen LogP contribution in [-0.2, 0) is 15.1 Å². The number of imide groups is 1. The maximum Gasteiger partial charge on any atom is 0.325 e. The number of hydrogen-bond donors (Lipinski definition) is 2. The van der Waals surface area contributed by atoms with Gasteiger partial charge in [0.15, 0.2) is 0 Å². The fourth-order valence-electron chi connectivity index (χ4n) is 2.92. The minimum absolute atomic E-state index is 0.350. The van der Waals surface area contributed by atoms with E-state index in [0.717, 1.165) is 14.3 Å². The van der Waals surface area contributed by atoms with Crippen LogP contribution in [-0.4, -0.2) is 35.5 Å². The minimum Gasteiger partial charge on any atom is -0.324 e. The lowest BCUT2D eigenvalue weighted by Crippen LogP contribution is -2.42. The molecule has 1 aliphatic rings. The van der Waals surface area contributed by atoms with E-state index in [1.807, 2.05) is 30.5 Å². The summed E-state index contributed by atoms with van der Waals surface area (Å²) in [6.07, 6.45) is 1.91. The molecule has 4 amide bonds. The first-order chi connectivity index (χ1) is 12.8. The van der Waals surface area contributed by atoms with Crippen molar-refractivity contribution in [3.63, 3.8) is 0 Å². The normalized spacial score (nSPS) is 19.1. The van der Waals surface area contributed by atoms with E-state index in [1.165, 1.54) is 11.8 Å². The first kappa shape index (κ1) is 19.4. The van der Waals surface area contributed by atoms with Crippen LogP contribution in [0.15, 0.2) is 57.9 Å². The van der Waals surface area contributed by atoms with Gasteiger partial charge in [0.05, 0.1) is 5.69 Å². The van der Waals surface area contributed by atoms with Crippen LogP contribution >= 0.6 is 27.7 Å². The van der Waals surface area contributed by atoms with Crippen LogP contribution in [0.4, 0.5) is 10.5 Å². The lowest BCUT2D eigenvalue weighted by molar-refractivity contribution is -0.133. The van der Waals surface area contributed by atoms with Gasteiger partial charge in [0, 0.05) is 9.37 Å². The number of halogens is 1. The molecule has 140 valence electrons. The fraction of sp³-hybridized carbons (Fsp3) is 0.211. The molecular formula is C19H18BrN3O3S. The number of rotatable bonds is 5. The Morgan fingerprint density at radius 3 is 2.67 bits per heavy atom. The molecule has 8 heteroatoms. The maximum absolute atomic E-state index is 12.9. The Labute approximate surface area is 169 Å². The quantitative estimate of drug-likeness (QED) is 0.542. The topological polar surface area (TPSA) is 78.5 Å². The number of thioether (sulfide) groups is 1. The van der Waals surface area contributed by atoms with Gasteiger partial charge in [-0.25, -0.2) is 4.79 Å². The molecule has 1 fully saturated rings. The molecule has 1 atom stereocenters. The van der Waals surface area contributed by atoms with E-state index in [9.17, 15) is 14.4 Å². The third-order valence-electron chi connectivity index (χ3n) is 4.36. The van der Waals surface area contributed by atoms with E-state index in [4.69, 9.17) is 0 Å². The summed E-state index contributed by atoms with van der Waals surface area (Å²) in [5, 5.41) is 5.46. The van der Waals surface area contributed by atoms with Crippen molar-refractivity contribution in [2.24, 2.45) is 0 Å². The highest BCUT2D eigenvalue weighted by Gasteiger charge is 2.49. The summed E-state index contributed by atoms with van der Waals surface area (Å²) in [6, 6.07) is 13.9. The first-order valence-electron chi connectivity index (χ1n) is 8.18. The van der Waals surface area contributed by atoms with E-state index in [2.05, 4.69) is 26.6 Å². The molecule has 2 aromatic carbocycles. The number of urea groups is 1. The second kappa shape index (κ2) is 7.74. The van der Waals surface area contributed by atoms with Crippen molar-refractivity contribution in [2.45, 2.75) is 17.4 Å². The Morgan fingerprint density at radius 1 is 1.22 bits per heavy atom. The van der Waals surface area contributed by atoms with E-state index in [-0.39, 0.29) is 6.54 Å². The molecule has 0 bridgehead atoms. The molecule has 1 heterocycles. The SMILES string of the molecule is CSc1ccccc1NC(=O)CN1C(=O)NC(C)(c2cccc(Br)c2)C1=O. The molecular weight excluding hydrogens is 430 g/mol. The van der Waals surface area contributed by atoms with Gasteiger partial charge in [-0.15, -0.1) is 11.8 Å². The molecule has 6 nitrogen and oxygen atoms in total. The Hall–Kier alpha value is -2.32. The molecule has 27 heavy (non-hydrogen) atoms. The zero-order chi connectivity index (χ0) is 19.6. The van der Waals surface area contributed by atoms with Crippen molar-refractivity contribution in [3.8, 4) is 0 Å². The molecule has 0 saturated carbocycles. The van der Waals surface area contributed by atoms with Crippen molar-refractivity contribution in [2.75, 3.05) is 18.1 Å². The first-order valence-corrected chi connectivity index (χ1v) is 10.2. The van der Waals surface area contributed by atoms with Crippen molar-refractivity contribution < 1.29 is 14.4 Å². The van der Waals surface area contributed by atoms with Gasteiger partial charge >= 0.3 is 6.03 Å². The smallest absolute Gasteiger partial charge is 0.324 e. The molecule has 1 aliphatic heterocycles. The number of anilines is 1. The van der Waals surface area contributed by atoms with Gasteiger partial charge < -0.3 is 10.6 Å². The Bertz CT molecular complexity index is 921. The standard InChI is InChI=1S/C19H18BrN3O3S/c1-19(12-6-5-7-13(20)10-12)17(25)23(18(26)22-19)11-16(24)21-14-8-3-4-9-15(14)27-2/h3-10H,11H2,1-2H3,(H,21,24)(H,22,26). The number of amides is 4.